The van der Waals surface area contributed by atoms with Crippen LogP contribution in [0.2, 0.25) is 0 Å². The Kier molecular flexibility index (Phi) is 6.16. The molecule has 2 aliphatic rings. The monoisotopic (exact) mass is 483 g/mol. The van der Waals surface area contributed by atoms with Crippen LogP contribution in [0.3, 0.4) is 0 Å². The summed E-state index contributed by atoms with van der Waals surface area (Å²) in [5.41, 5.74) is 6.61. The number of fused-ring (bicyclic) bond motifs is 1. The molecule has 2 unspecified atom stereocenters. The quantitative estimate of drug-likeness (QED) is 0.394. The molecule has 2 aromatic heterocycles. The number of rotatable bonds is 7. The zero-order valence-corrected chi connectivity index (χ0v) is 18.9. The Bertz CT molecular complexity index is 1020. The molecular formula is C17H17N5O4S4. The summed E-state index contributed by atoms with van der Waals surface area (Å²) in [7, 11) is 0. The minimum Gasteiger partial charge on any atom is -0.477 e. The Morgan fingerprint density at radius 2 is 2.27 bits per heavy atom. The first-order chi connectivity index (χ1) is 14.4. The Morgan fingerprint density at radius 1 is 1.47 bits per heavy atom. The first-order valence-electron chi connectivity index (χ1n) is 8.79. The molecule has 0 spiro atoms. The molecular weight excluding hydrogens is 466 g/mol. The van der Waals surface area contributed by atoms with Gasteiger partial charge in [-0.05, 0) is 23.9 Å². The number of carboxylic acids is 1. The molecule has 3 atom stereocenters. The van der Waals surface area contributed by atoms with Crippen molar-refractivity contribution >= 4 is 64.0 Å². The smallest absolute Gasteiger partial charge is 0.352 e. The maximum Gasteiger partial charge on any atom is 0.352 e. The molecule has 1 fully saturated rings. The van der Waals surface area contributed by atoms with Gasteiger partial charge in [0, 0.05) is 16.4 Å². The summed E-state index contributed by atoms with van der Waals surface area (Å²) in [5.74, 6) is -1.20. The molecule has 2 aliphatic heterocycles. The average molecular weight is 484 g/mol. The highest BCUT2D eigenvalue weighted by Crippen LogP contribution is 2.42. The fraction of sp³-hybridized carbons (Fsp3) is 0.353. The molecule has 0 aromatic carbocycles. The van der Waals surface area contributed by atoms with E-state index in [-0.39, 0.29) is 5.70 Å². The maximum atomic E-state index is 12.7. The van der Waals surface area contributed by atoms with Crippen molar-refractivity contribution in [1.29, 1.82) is 0 Å². The van der Waals surface area contributed by atoms with Crippen molar-refractivity contribution in [2.75, 3.05) is 11.5 Å². The lowest BCUT2D eigenvalue weighted by atomic mass is 10.0. The predicted octanol–water partition coefficient (Wildman–Crippen LogP) is 1.44. The van der Waals surface area contributed by atoms with Gasteiger partial charge in [0.2, 0.25) is 5.91 Å². The van der Waals surface area contributed by atoms with Gasteiger partial charge in [-0.2, -0.15) is 0 Å². The normalized spacial score (nSPS) is 21.8. The lowest BCUT2D eigenvalue weighted by Gasteiger charge is -2.49. The molecule has 13 heteroatoms. The van der Waals surface area contributed by atoms with Gasteiger partial charge in [-0.3, -0.25) is 14.5 Å². The molecule has 30 heavy (non-hydrogen) atoms. The second kappa shape index (κ2) is 8.67. The third-order valence-corrected chi connectivity index (χ3v) is 8.91. The second-order valence-electron chi connectivity index (χ2n) is 6.52. The van der Waals surface area contributed by atoms with Gasteiger partial charge >= 0.3 is 5.97 Å². The molecule has 4 N–H and O–H groups in total. The van der Waals surface area contributed by atoms with Gasteiger partial charge in [-0.25, -0.2) is 4.79 Å². The minimum absolute atomic E-state index is 0.00876. The number of carboxylic acid groups (broad SMARTS) is 1. The highest BCUT2D eigenvalue weighted by atomic mass is 32.2. The van der Waals surface area contributed by atoms with E-state index < -0.39 is 35.2 Å². The number of amides is 2. The summed E-state index contributed by atoms with van der Waals surface area (Å²) in [5, 5.41) is 22.6. The summed E-state index contributed by atoms with van der Waals surface area (Å²) in [4.78, 5) is 39.0. The number of thiophene rings is 1. The molecule has 158 valence electrons. The number of hydrogen-bond acceptors (Lipinski definition) is 10. The van der Waals surface area contributed by atoms with Crippen LogP contribution in [-0.2, 0) is 14.4 Å². The van der Waals surface area contributed by atoms with Gasteiger partial charge in [0.1, 0.15) is 28.2 Å². The number of aryl methyl sites for hydroxylation is 1. The largest absolute Gasteiger partial charge is 0.477 e. The third kappa shape index (κ3) is 3.99. The number of aromatic nitrogens is 2. The number of carbonyl (C=O) groups is 3. The zero-order chi connectivity index (χ0) is 21.4. The number of carbonyl (C=O) groups excluding carboxylic acids is 2. The van der Waals surface area contributed by atoms with E-state index in [0.717, 1.165) is 9.35 Å². The van der Waals surface area contributed by atoms with Crippen LogP contribution >= 0.6 is 46.2 Å². The van der Waals surface area contributed by atoms with Crippen molar-refractivity contribution in [3.63, 3.8) is 0 Å². The Labute approximate surface area is 188 Å². The van der Waals surface area contributed by atoms with Crippen molar-refractivity contribution in [1.82, 2.24) is 20.4 Å². The van der Waals surface area contributed by atoms with Crippen molar-refractivity contribution in [2.24, 2.45) is 5.73 Å². The van der Waals surface area contributed by atoms with Crippen LogP contribution in [-0.4, -0.2) is 60.9 Å². The fourth-order valence-electron chi connectivity index (χ4n) is 3.12. The van der Waals surface area contributed by atoms with E-state index in [2.05, 4.69) is 15.5 Å². The number of nitrogens with one attached hydrogen (secondary N) is 1. The van der Waals surface area contributed by atoms with Crippen molar-refractivity contribution in [3.8, 4) is 0 Å². The highest BCUT2D eigenvalue weighted by Gasteiger charge is 2.54. The van der Waals surface area contributed by atoms with Crippen LogP contribution in [0.5, 0.6) is 0 Å². The summed E-state index contributed by atoms with van der Waals surface area (Å²) < 4.78 is 0.750. The third-order valence-electron chi connectivity index (χ3n) is 4.56. The fourth-order valence-corrected chi connectivity index (χ4v) is 7.15. The number of nitrogens with two attached hydrogens (primary N) is 1. The van der Waals surface area contributed by atoms with Gasteiger partial charge in [0.05, 0.1) is 0 Å². The van der Waals surface area contributed by atoms with Crippen LogP contribution < -0.4 is 11.1 Å². The summed E-state index contributed by atoms with van der Waals surface area (Å²) in [6.07, 6.45) is 0. The van der Waals surface area contributed by atoms with Crippen LogP contribution in [0, 0.1) is 6.92 Å². The molecule has 4 rings (SSSR count). The molecule has 1 saturated heterocycles. The molecule has 0 bridgehead atoms. The van der Waals surface area contributed by atoms with Gasteiger partial charge in [-0.15, -0.1) is 33.3 Å². The molecule has 9 nitrogen and oxygen atoms in total. The lowest BCUT2D eigenvalue weighted by molar-refractivity contribution is -0.150. The van der Waals surface area contributed by atoms with Crippen LogP contribution in [0.1, 0.15) is 15.9 Å². The van der Waals surface area contributed by atoms with Crippen molar-refractivity contribution in [2.45, 2.75) is 28.7 Å². The van der Waals surface area contributed by atoms with Crippen LogP contribution in [0.25, 0.3) is 0 Å². The lowest BCUT2D eigenvalue weighted by Crippen LogP contribution is -2.71. The van der Waals surface area contributed by atoms with Gasteiger partial charge in [0.15, 0.2) is 4.34 Å². The van der Waals surface area contributed by atoms with E-state index in [0.29, 0.717) is 22.0 Å². The van der Waals surface area contributed by atoms with Crippen LogP contribution in [0.4, 0.5) is 0 Å². The first-order valence-corrected chi connectivity index (χ1v) is 12.5. The predicted molar refractivity (Wildman–Crippen MR) is 116 cm³/mol. The van der Waals surface area contributed by atoms with Gasteiger partial charge in [-0.1, -0.05) is 29.2 Å². The molecule has 4 heterocycles. The zero-order valence-electron chi connectivity index (χ0n) is 15.6. The highest BCUT2D eigenvalue weighted by molar-refractivity contribution is 8.01. The molecule has 0 radical (unpaired) electrons. The second-order valence-corrected chi connectivity index (χ2v) is 11.0. The number of hydrogen-bond donors (Lipinski definition) is 3. The Morgan fingerprint density at radius 3 is 2.90 bits per heavy atom. The number of thioether (sulfide) groups is 2. The number of nitrogens with zero attached hydrogens (tertiary/aromatic N) is 3. The van der Waals surface area contributed by atoms with E-state index in [1.54, 1.807) is 12.1 Å². The van der Waals surface area contributed by atoms with E-state index in [4.69, 9.17) is 5.73 Å². The van der Waals surface area contributed by atoms with Crippen LogP contribution in [0.15, 0.2) is 33.1 Å². The number of β-lactam (4-membered cyclic amide) rings is 1. The Hall–Kier alpha value is -1.93. The molecule has 2 amide bonds. The molecule has 2 aromatic rings. The van der Waals surface area contributed by atoms with Crippen molar-refractivity contribution in [3.05, 3.63) is 38.7 Å². The first kappa shape index (κ1) is 21.3. The van der Waals surface area contributed by atoms with Gasteiger partial charge in [0.25, 0.3) is 5.91 Å². The minimum atomic E-state index is -1.15. The maximum absolute atomic E-state index is 12.7. The van der Waals surface area contributed by atoms with E-state index in [9.17, 15) is 19.5 Å². The topological polar surface area (TPSA) is 139 Å². The SMILES string of the molecule is Cc1nnc(SCC2=C(C(=O)O)N3C(=O)[C@@H](NC(=O)C(N)c4cccs4)C3SC2)s1. The van der Waals surface area contributed by atoms with Crippen molar-refractivity contribution < 1.29 is 19.5 Å². The summed E-state index contributed by atoms with van der Waals surface area (Å²) >= 11 is 5.63. The summed E-state index contributed by atoms with van der Waals surface area (Å²) in [6, 6.07) is 1.90. The number of aliphatic carboxylic acids is 1. The van der Waals surface area contributed by atoms with Gasteiger partial charge < -0.3 is 16.2 Å². The Balaban J connectivity index is 1.46. The molecule has 0 saturated carbocycles. The summed E-state index contributed by atoms with van der Waals surface area (Å²) in [6.45, 7) is 1.85. The average Bonchev–Trinajstić information content (AvgIpc) is 3.40. The van der Waals surface area contributed by atoms with E-state index in [1.807, 2.05) is 12.3 Å². The molecule has 0 aliphatic carbocycles. The van der Waals surface area contributed by atoms with E-state index in [1.165, 1.54) is 51.1 Å². The van der Waals surface area contributed by atoms with E-state index >= 15 is 0 Å². The standard InChI is InChI=1S/C17H17N5O4S4/c1-7-20-21-17(30-7)29-6-8-5-28-15-11(14(24)22(15)12(8)16(25)26)19-13(23)10(18)9-3-2-4-27-9/h2-4,10-11,15H,5-6,18H2,1H3,(H,19,23)(H,25,26)/t10?,11-,15?/m1/s1.